The number of nitrogens with one attached hydrogen (secondary N) is 1. The maximum Gasteiger partial charge on any atom is 0.238 e. The van der Waals surface area contributed by atoms with Crippen LogP contribution < -0.4 is 14.8 Å². The average Bonchev–Trinajstić information content (AvgIpc) is 2.56. The van der Waals surface area contributed by atoms with Crippen molar-refractivity contribution in [2.45, 2.75) is 13.5 Å². The zero-order chi connectivity index (χ0) is 18.2. The maximum absolute atomic E-state index is 13.1. The first-order valence-electron chi connectivity index (χ1n) is 8.05. The van der Waals surface area contributed by atoms with Gasteiger partial charge in [-0.2, -0.15) is 0 Å². The third-order valence-corrected chi connectivity index (χ3v) is 3.50. The number of benzene rings is 2. The summed E-state index contributed by atoms with van der Waals surface area (Å²) < 4.78 is 24.0. The lowest BCUT2D eigenvalue weighted by atomic mass is 10.2. The number of methoxy groups -OCH3 is 1. The SMILES string of the molecule is CCOc1ccc(CN(C)CC(=O)Nc2cccc(F)c2)cc1OC. The zero-order valence-electron chi connectivity index (χ0n) is 14.7. The number of amides is 1. The summed E-state index contributed by atoms with van der Waals surface area (Å²) in [6.07, 6.45) is 0. The first-order chi connectivity index (χ1) is 12.0. The zero-order valence-corrected chi connectivity index (χ0v) is 14.7. The van der Waals surface area contributed by atoms with Gasteiger partial charge in [-0.3, -0.25) is 9.69 Å². The van der Waals surface area contributed by atoms with Crippen LogP contribution in [0.4, 0.5) is 10.1 Å². The van der Waals surface area contributed by atoms with E-state index < -0.39 is 0 Å². The molecule has 0 fully saturated rings. The van der Waals surface area contributed by atoms with Crippen LogP contribution in [0.1, 0.15) is 12.5 Å². The number of hydrogen-bond donors (Lipinski definition) is 1. The molecule has 6 heteroatoms. The molecule has 134 valence electrons. The van der Waals surface area contributed by atoms with Crippen molar-refractivity contribution in [1.29, 1.82) is 0 Å². The van der Waals surface area contributed by atoms with Crippen LogP contribution in [0.25, 0.3) is 0 Å². The molecule has 1 N–H and O–H groups in total. The Kier molecular flexibility index (Phi) is 6.77. The first-order valence-corrected chi connectivity index (χ1v) is 8.05. The van der Waals surface area contributed by atoms with Gasteiger partial charge in [0.15, 0.2) is 11.5 Å². The van der Waals surface area contributed by atoms with Crippen LogP contribution in [0.3, 0.4) is 0 Å². The second-order valence-electron chi connectivity index (χ2n) is 5.65. The van der Waals surface area contributed by atoms with Gasteiger partial charge < -0.3 is 14.8 Å². The van der Waals surface area contributed by atoms with E-state index >= 15 is 0 Å². The lowest BCUT2D eigenvalue weighted by molar-refractivity contribution is -0.117. The van der Waals surface area contributed by atoms with E-state index in [1.807, 2.05) is 37.1 Å². The minimum absolute atomic E-state index is 0.187. The summed E-state index contributed by atoms with van der Waals surface area (Å²) >= 11 is 0. The Morgan fingerprint density at radius 3 is 2.68 bits per heavy atom. The minimum atomic E-state index is -0.382. The molecule has 2 aromatic carbocycles. The van der Waals surface area contributed by atoms with Crippen molar-refractivity contribution >= 4 is 11.6 Å². The molecular formula is C19H23FN2O3. The lowest BCUT2D eigenvalue weighted by Crippen LogP contribution is -2.29. The van der Waals surface area contributed by atoms with Crippen molar-refractivity contribution in [2.75, 3.05) is 32.6 Å². The van der Waals surface area contributed by atoms with Gasteiger partial charge in [-0.1, -0.05) is 12.1 Å². The number of anilines is 1. The quantitative estimate of drug-likeness (QED) is 0.797. The Balaban J connectivity index is 1.93. The van der Waals surface area contributed by atoms with Crippen molar-refractivity contribution in [3.05, 3.63) is 53.8 Å². The highest BCUT2D eigenvalue weighted by Gasteiger charge is 2.10. The van der Waals surface area contributed by atoms with Gasteiger partial charge in [0.1, 0.15) is 5.82 Å². The first kappa shape index (κ1) is 18.7. The van der Waals surface area contributed by atoms with Gasteiger partial charge in [-0.25, -0.2) is 4.39 Å². The van der Waals surface area contributed by atoms with Gasteiger partial charge in [0.05, 0.1) is 20.3 Å². The topological polar surface area (TPSA) is 50.8 Å². The molecule has 0 saturated carbocycles. The summed E-state index contributed by atoms with van der Waals surface area (Å²) in [7, 11) is 3.44. The van der Waals surface area contributed by atoms with Gasteiger partial charge in [0.2, 0.25) is 5.91 Å². The van der Waals surface area contributed by atoms with Gasteiger partial charge in [-0.05, 0) is 49.9 Å². The molecular weight excluding hydrogens is 323 g/mol. The van der Waals surface area contributed by atoms with Crippen LogP contribution in [0.5, 0.6) is 11.5 Å². The number of nitrogens with zero attached hydrogens (tertiary/aromatic N) is 1. The summed E-state index contributed by atoms with van der Waals surface area (Å²) in [5, 5.41) is 2.68. The van der Waals surface area contributed by atoms with Gasteiger partial charge in [-0.15, -0.1) is 0 Å². The van der Waals surface area contributed by atoms with Crippen LogP contribution in [0, 0.1) is 5.82 Å². The molecule has 0 spiro atoms. The molecule has 0 aliphatic carbocycles. The molecule has 2 aromatic rings. The summed E-state index contributed by atoms with van der Waals surface area (Å²) in [4.78, 5) is 13.9. The van der Waals surface area contributed by atoms with Crippen molar-refractivity contribution in [3.63, 3.8) is 0 Å². The van der Waals surface area contributed by atoms with E-state index in [1.165, 1.54) is 12.1 Å². The van der Waals surface area contributed by atoms with Crippen molar-refractivity contribution in [1.82, 2.24) is 4.90 Å². The van der Waals surface area contributed by atoms with Gasteiger partial charge in [0.25, 0.3) is 0 Å². The molecule has 0 aliphatic rings. The summed E-state index contributed by atoms with van der Waals surface area (Å²) in [5.74, 6) is 0.774. The number of carbonyl (C=O) groups is 1. The van der Waals surface area contributed by atoms with Crippen LogP contribution in [0.15, 0.2) is 42.5 Å². The molecule has 0 aromatic heterocycles. The summed E-state index contributed by atoms with van der Waals surface area (Å²) in [5.41, 5.74) is 1.45. The third kappa shape index (κ3) is 5.76. The highest BCUT2D eigenvalue weighted by Crippen LogP contribution is 2.28. The van der Waals surface area contributed by atoms with Crippen molar-refractivity contribution in [2.24, 2.45) is 0 Å². The van der Waals surface area contributed by atoms with E-state index in [0.29, 0.717) is 30.3 Å². The molecule has 5 nitrogen and oxygen atoms in total. The Morgan fingerprint density at radius 1 is 1.20 bits per heavy atom. The number of hydrogen-bond acceptors (Lipinski definition) is 4. The number of ether oxygens (including phenoxy) is 2. The fourth-order valence-electron chi connectivity index (χ4n) is 2.46. The highest BCUT2D eigenvalue weighted by molar-refractivity contribution is 5.92. The molecule has 0 heterocycles. The number of carbonyl (C=O) groups excluding carboxylic acids is 1. The smallest absolute Gasteiger partial charge is 0.238 e. The van der Waals surface area contributed by atoms with E-state index in [2.05, 4.69) is 5.32 Å². The number of halogens is 1. The number of likely N-dealkylation sites (N-methyl/N-ethyl adjacent to an activating group) is 1. The minimum Gasteiger partial charge on any atom is -0.493 e. The summed E-state index contributed by atoms with van der Waals surface area (Å²) in [6.45, 7) is 3.24. The largest absolute Gasteiger partial charge is 0.493 e. The predicted molar refractivity (Wildman–Crippen MR) is 95.5 cm³/mol. The predicted octanol–water partition coefficient (Wildman–Crippen LogP) is 3.30. The molecule has 0 saturated heterocycles. The monoisotopic (exact) mass is 346 g/mol. The molecule has 1 amide bonds. The second kappa shape index (κ2) is 9.03. The van der Waals surface area contributed by atoms with Crippen LogP contribution in [-0.2, 0) is 11.3 Å². The van der Waals surface area contributed by atoms with E-state index in [4.69, 9.17) is 9.47 Å². The standard InChI is InChI=1S/C19H23FN2O3/c1-4-25-17-9-8-14(10-18(17)24-3)12-22(2)13-19(23)21-16-7-5-6-15(20)11-16/h5-11H,4,12-13H2,1-3H3,(H,21,23). The van der Waals surface area contributed by atoms with Crippen LogP contribution in [-0.4, -0.2) is 38.1 Å². The molecule has 0 aliphatic heterocycles. The van der Waals surface area contributed by atoms with Crippen molar-refractivity contribution in [3.8, 4) is 11.5 Å². The third-order valence-electron chi connectivity index (χ3n) is 3.50. The molecule has 0 radical (unpaired) electrons. The molecule has 25 heavy (non-hydrogen) atoms. The number of rotatable bonds is 8. The molecule has 0 atom stereocenters. The second-order valence-corrected chi connectivity index (χ2v) is 5.65. The van der Waals surface area contributed by atoms with Crippen LogP contribution in [0.2, 0.25) is 0 Å². The summed E-state index contributed by atoms with van der Waals surface area (Å²) in [6, 6.07) is 11.5. The normalized spacial score (nSPS) is 10.6. The van der Waals surface area contributed by atoms with E-state index in [9.17, 15) is 9.18 Å². The Labute approximate surface area is 147 Å². The Bertz CT molecular complexity index is 722. The average molecular weight is 346 g/mol. The lowest BCUT2D eigenvalue weighted by Gasteiger charge is -2.17. The molecule has 0 unspecified atom stereocenters. The fraction of sp³-hybridized carbons (Fsp3) is 0.316. The van der Waals surface area contributed by atoms with Gasteiger partial charge >= 0.3 is 0 Å². The Hall–Kier alpha value is -2.60. The molecule has 2 rings (SSSR count). The maximum atomic E-state index is 13.1. The van der Waals surface area contributed by atoms with E-state index in [-0.39, 0.29) is 18.3 Å². The van der Waals surface area contributed by atoms with Crippen molar-refractivity contribution < 1.29 is 18.7 Å². The van der Waals surface area contributed by atoms with Crippen LogP contribution >= 0.6 is 0 Å². The highest BCUT2D eigenvalue weighted by atomic mass is 19.1. The Morgan fingerprint density at radius 2 is 2.00 bits per heavy atom. The van der Waals surface area contributed by atoms with E-state index in [0.717, 1.165) is 5.56 Å². The van der Waals surface area contributed by atoms with Gasteiger partial charge in [0, 0.05) is 12.2 Å². The van der Waals surface area contributed by atoms with E-state index in [1.54, 1.807) is 19.2 Å². The fourth-order valence-corrected chi connectivity index (χ4v) is 2.46. The molecule has 0 bridgehead atoms.